The van der Waals surface area contributed by atoms with Crippen molar-refractivity contribution in [2.24, 2.45) is 0 Å². The first-order chi connectivity index (χ1) is 9.87. The number of aliphatic hydroxyl groups excluding tert-OH is 1. The molecule has 0 amide bonds. The van der Waals surface area contributed by atoms with Crippen molar-refractivity contribution in [1.82, 2.24) is 9.21 Å². The Morgan fingerprint density at radius 3 is 2.71 bits per heavy atom. The Morgan fingerprint density at radius 2 is 2.10 bits per heavy atom. The second-order valence-electron chi connectivity index (χ2n) is 5.87. The minimum atomic E-state index is -3.50. The summed E-state index contributed by atoms with van der Waals surface area (Å²) in [4.78, 5) is 2.34. The van der Waals surface area contributed by atoms with E-state index in [1.54, 1.807) is 29.4 Å². The SMILES string of the molecule is Cc1c(CO)cccc1S(=O)(=O)N1CCCC1CN(C)C. The Balaban J connectivity index is 2.38. The predicted molar refractivity (Wildman–Crippen MR) is 82.6 cm³/mol. The first-order valence-corrected chi connectivity index (χ1v) is 8.68. The molecule has 1 heterocycles. The molecule has 2 rings (SSSR count). The lowest BCUT2D eigenvalue weighted by atomic mass is 10.1. The summed E-state index contributed by atoms with van der Waals surface area (Å²) in [5.74, 6) is 0. The van der Waals surface area contributed by atoms with Crippen LogP contribution in [0.5, 0.6) is 0 Å². The van der Waals surface area contributed by atoms with Crippen LogP contribution in [0.1, 0.15) is 24.0 Å². The molecule has 21 heavy (non-hydrogen) atoms. The summed E-state index contributed by atoms with van der Waals surface area (Å²) in [5, 5.41) is 9.33. The monoisotopic (exact) mass is 312 g/mol. The van der Waals surface area contributed by atoms with Crippen molar-refractivity contribution in [3.63, 3.8) is 0 Å². The van der Waals surface area contributed by atoms with Gasteiger partial charge < -0.3 is 10.0 Å². The highest BCUT2D eigenvalue weighted by atomic mass is 32.2. The number of hydrogen-bond donors (Lipinski definition) is 1. The normalized spacial score (nSPS) is 20.3. The number of aliphatic hydroxyl groups is 1. The second kappa shape index (κ2) is 6.44. The highest BCUT2D eigenvalue weighted by Crippen LogP contribution is 2.29. The zero-order chi connectivity index (χ0) is 15.6. The van der Waals surface area contributed by atoms with Crippen molar-refractivity contribution in [3.8, 4) is 0 Å². The van der Waals surface area contributed by atoms with E-state index in [1.165, 1.54) is 0 Å². The molecule has 0 bridgehead atoms. The molecule has 6 heteroatoms. The van der Waals surface area contributed by atoms with Crippen molar-refractivity contribution in [3.05, 3.63) is 29.3 Å². The van der Waals surface area contributed by atoms with E-state index >= 15 is 0 Å². The Labute approximate surface area is 127 Å². The van der Waals surface area contributed by atoms with E-state index in [1.807, 2.05) is 19.0 Å². The van der Waals surface area contributed by atoms with Gasteiger partial charge >= 0.3 is 0 Å². The number of benzene rings is 1. The van der Waals surface area contributed by atoms with E-state index in [0.717, 1.165) is 19.4 Å². The maximum absolute atomic E-state index is 12.9. The van der Waals surface area contributed by atoms with Gasteiger partial charge in [0, 0.05) is 19.1 Å². The minimum absolute atomic E-state index is 0.0298. The average Bonchev–Trinajstić information content (AvgIpc) is 2.86. The van der Waals surface area contributed by atoms with Crippen molar-refractivity contribution < 1.29 is 13.5 Å². The smallest absolute Gasteiger partial charge is 0.243 e. The maximum atomic E-state index is 12.9. The van der Waals surface area contributed by atoms with E-state index in [2.05, 4.69) is 0 Å². The van der Waals surface area contributed by atoms with Crippen LogP contribution in [0.4, 0.5) is 0 Å². The Bertz CT molecular complexity index is 599. The maximum Gasteiger partial charge on any atom is 0.243 e. The quantitative estimate of drug-likeness (QED) is 0.887. The van der Waals surface area contributed by atoms with Crippen LogP contribution in [0.2, 0.25) is 0 Å². The van der Waals surface area contributed by atoms with E-state index in [9.17, 15) is 13.5 Å². The summed E-state index contributed by atoms with van der Waals surface area (Å²) in [6, 6.07) is 5.12. The molecule has 1 aliphatic heterocycles. The van der Waals surface area contributed by atoms with Crippen LogP contribution in [0.15, 0.2) is 23.1 Å². The van der Waals surface area contributed by atoms with Gasteiger partial charge in [-0.25, -0.2) is 8.42 Å². The molecule has 1 saturated heterocycles. The zero-order valence-corrected chi connectivity index (χ0v) is 13.7. The lowest BCUT2D eigenvalue weighted by Gasteiger charge is -2.27. The molecule has 0 radical (unpaired) electrons. The standard InChI is InChI=1S/C15H24N2O3S/c1-12-13(11-18)6-4-8-15(12)21(19,20)17-9-5-7-14(17)10-16(2)3/h4,6,8,14,18H,5,7,9-11H2,1-3H3. The summed E-state index contributed by atoms with van der Waals surface area (Å²) in [5.41, 5.74) is 1.31. The molecular formula is C15H24N2O3S. The molecule has 1 aromatic carbocycles. The van der Waals surface area contributed by atoms with Crippen LogP contribution in [-0.2, 0) is 16.6 Å². The summed E-state index contributed by atoms with van der Waals surface area (Å²) < 4.78 is 27.5. The fourth-order valence-corrected chi connectivity index (χ4v) is 4.92. The third-order valence-electron chi connectivity index (χ3n) is 4.05. The Kier molecular flexibility index (Phi) is 5.03. The van der Waals surface area contributed by atoms with Gasteiger partial charge in [0.05, 0.1) is 11.5 Å². The minimum Gasteiger partial charge on any atom is -0.392 e. The van der Waals surface area contributed by atoms with Crippen LogP contribution in [0, 0.1) is 6.92 Å². The highest BCUT2D eigenvalue weighted by Gasteiger charge is 2.36. The summed E-state index contributed by atoms with van der Waals surface area (Å²) in [7, 11) is 0.417. The molecule has 1 aromatic rings. The first kappa shape index (κ1) is 16.4. The van der Waals surface area contributed by atoms with Gasteiger partial charge in [-0.1, -0.05) is 12.1 Å². The van der Waals surface area contributed by atoms with Gasteiger partial charge in [-0.2, -0.15) is 4.31 Å². The lowest BCUT2D eigenvalue weighted by molar-refractivity contribution is 0.280. The lowest BCUT2D eigenvalue weighted by Crippen LogP contribution is -2.41. The fourth-order valence-electron chi connectivity index (χ4n) is 2.97. The van der Waals surface area contributed by atoms with Gasteiger partial charge in [-0.15, -0.1) is 0 Å². The van der Waals surface area contributed by atoms with Gasteiger partial charge in [0.2, 0.25) is 10.0 Å². The molecule has 1 fully saturated rings. The molecule has 5 nitrogen and oxygen atoms in total. The van der Waals surface area contributed by atoms with Crippen LogP contribution in [0.25, 0.3) is 0 Å². The van der Waals surface area contributed by atoms with E-state index in [-0.39, 0.29) is 12.6 Å². The molecule has 1 atom stereocenters. The highest BCUT2D eigenvalue weighted by molar-refractivity contribution is 7.89. The summed E-state index contributed by atoms with van der Waals surface area (Å²) in [6.07, 6.45) is 1.80. The van der Waals surface area contributed by atoms with E-state index in [0.29, 0.717) is 22.6 Å². The van der Waals surface area contributed by atoms with Crippen molar-refractivity contribution >= 4 is 10.0 Å². The number of nitrogens with zero attached hydrogens (tertiary/aromatic N) is 2. The Hall–Kier alpha value is -0.950. The summed E-state index contributed by atoms with van der Waals surface area (Å²) >= 11 is 0. The van der Waals surface area contributed by atoms with Crippen LogP contribution >= 0.6 is 0 Å². The van der Waals surface area contributed by atoms with Crippen LogP contribution in [-0.4, -0.2) is 56.0 Å². The average molecular weight is 312 g/mol. The number of sulfonamides is 1. The zero-order valence-electron chi connectivity index (χ0n) is 12.9. The molecule has 0 spiro atoms. The van der Waals surface area contributed by atoms with Gasteiger partial charge in [-0.3, -0.25) is 0 Å². The topological polar surface area (TPSA) is 60.9 Å². The molecule has 1 aliphatic rings. The van der Waals surface area contributed by atoms with Crippen molar-refractivity contribution in [1.29, 1.82) is 0 Å². The van der Waals surface area contributed by atoms with Crippen molar-refractivity contribution in [2.45, 2.75) is 37.3 Å². The number of likely N-dealkylation sites (N-methyl/N-ethyl adjacent to an activating group) is 1. The van der Waals surface area contributed by atoms with Gasteiger partial charge in [0.25, 0.3) is 0 Å². The fraction of sp³-hybridized carbons (Fsp3) is 0.600. The predicted octanol–water partition coefficient (Wildman–Crippen LogP) is 1.20. The molecule has 1 N–H and O–H groups in total. The third kappa shape index (κ3) is 3.29. The van der Waals surface area contributed by atoms with Gasteiger partial charge in [0.15, 0.2) is 0 Å². The molecular weight excluding hydrogens is 288 g/mol. The molecule has 1 unspecified atom stereocenters. The van der Waals surface area contributed by atoms with E-state index in [4.69, 9.17) is 0 Å². The van der Waals surface area contributed by atoms with Crippen LogP contribution < -0.4 is 0 Å². The second-order valence-corrected chi connectivity index (χ2v) is 7.73. The molecule has 118 valence electrons. The number of hydrogen-bond acceptors (Lipinski definition) is 4. The largest absolute Gasteiger partial charge is 0.392 e. The molecule has 0 saturated carbocycles. The van der Waals surface area contributed by atoms with Gasteiger partial charge in [-0.05, 0) is 51.1 Å². The Morgan fingerprint density at radius 1 is 1.38 bits per heavy atom. The first-order valence-electron chi connectivity index (χ1n) is 7.24. The molecule has 0 aliphatic carbocycles. The van der Waals surface area contributed by atoms with E-state index < -0.39 is 10.0 Å². The molecule has 0 aromatic heterocycles. The van der Waals surface area contributed by atoms with Crippen LogP contribution in [0.3, 0.4) is 0 Å². The van der Waals surface area contributed by atoms with Crippen molar-refractivity contribution in [2.75, 3.05) is 27.2 Å². The van der Waals surface area contributed by atoms with Gasteiger partial charge in [0.1, 0.15) is 0 Å². The number of rotatable bonds is 5. The summed E-state index contributed by atoms with van der Waals surface area (Å²) in [6.45, 7) is 2.92. The third-order valence-corrected chi connectivity index (χ3v) is 6.15.